The lowest BCUT2D eigenvalue weighted by atomic mass is 10.1. The number of primary amides is 1. The molecule has 3 rings (SSSR count). The molecule has 3 N–H and O–H groups in total. The molecular weight excluding hydrogens is 375 g/mol. The summed E-state index contributed by atoms with van der Waals surface area (Å²) in [5.41, 5.74) is 5.72. The summed E-state index contributed by atoms with van der Waals surface area (Å²) in [5.74, 6) is -1.72. The number of hydrogen-bond donors (Lipinski definition) is 2. The maximum atomic E-state index is 12.0. The fraction of sp³-hybridized carbons (Fsp3) is 0.533. The van der Waals surface area contributed by atoms with Crippen molar-refractivity contribution >= 4 is 57.3 Å². The topological polar surface area (TPSA) is 98.5 Å². The van der Waals surface area contributed by atoms with E-state index in [1.165, 1.54) is 11.3 Å². The molecule has 0 bridgehead atoms. The summed E-state index contributed by atoms with van der Waals surface area (Å²) in [7, 11) is 0. The van der Waals surface area contributed by atoms with E-state index in [-0.39, 0.29) is 6.42 Å². The number of aryl methyl sites for hydroxylation is 1. The number of nitrogens with one attached hydrogen (secondary N) is 1. The van der Waals surface area contributed by atoms with Gasteiger partial charge in [0.25, 0.3) is 11.8 Å². The van der Waals surface area contributed by atoms with E-state index in [1.807, 2.05) is 0 Å². The molecule has 130 valence electrons. The molecule has 0 aliphatic heterocycles. The molecule has 1 atom stereocenters. The Morgan fingerprint density at radius 1 is 1.33 bits per heavy atom. The molecule has 1 heterocycles. The number of nitrogens with two attached hydrogens (primary N) is 1. The van der Waals surface area contributed by atoms with Gasteiger partial charge in [-0.1, -0.05) is 0 Å². The maximum absolute atomic E-state index is 12.0. The number of alkyl halides is 2. The highest BCUT2D eigenvalue weighted by atomic mass is 35.5. The van der Waals surface area contributed by atoms with E-state index in [2.05, 4.69) is 5.32 Å². The number of esters is 1. The summed E-state index contributed by atoms with van der Waals surface area (Å²) < 4.78 is 3.84. The van der Waals surface area contributed by atoms with Crippen molar-refractivity contribution in [1.29, 1.82) is 0 Å². The van der Waals surface area contributed by atoms with Crippen LogP contribution in [0.5, 0.6) is 0 Å². The third-order valence-electron chi connectivity index (χ3n) is 4.46. The van der Waals surface area contributed by atoms with Crippen LogP contribution in [-0.4, -0.2) is 28.7 Å². The molecule has 0 unspecified atom stereocenters. The van der Waals surface area contributed by atoms with Gasteiger partial charge in [-0.3, -0.25) is 14.4 Å². The van der Waals surface area contributed by atoms with Gasteiger partial charge in [0.1, 0.15) is 14.7 Å². The zero-order valence-corrected chi connectivity index (χ0v) is 15.2. The quantitative estimate of drug-likeness (QED) is 0.595. The molecule has 0 saturated heterocycles. The lowest BCUT2D eigenvalue weighted by molar-refractivity contribution is -0.152. The normalized spacial score (nSPS) is 23.5. The number of anilines is 1. The van der Waals surface area contributed by atoms with Crippen LogP contribution in [0.2, 0.25) is 0 Å². The first-order valence-electron chi connectivity index (χ1n) is 7.45. The Morgan fingerprint density at radius 3 is 2.58 bits per heavy atom. The van der Waals surface area contributed by atoms with Gasteiger partial charge in [-0.05, 0) is 31.7 Å². The van der Waals surface area contributed by atoms with E-state index in [4.69, 9.17) is 33.7 Å². The van der Waals surface area contributed by atoms with E-state index in [1.54, 1.807) is 6.92 Å². The monoisotopic (exact) mass is 390 g/mol. The third kappa shape index (κ3) is 2.89. The number of fused-ring (bicyclic) bond motifs is 1. The zero-order chi connectivity index (χ0) is 17.7. The minimum Gasteiger partial charge on any atom is -0.455 e. The molecule has 6 nitrogen and oxygen atoms in total. The molecular formula is C15H16Cl2N2O4S. The molecule has 2 aliphatic rings. The van der Waals surface area contributed by atoms with E-state index >= 15 is 0 Å². The SMILES string of the molecule is C[C@]1(C(=O)OCC(=O)Nc2sc3c(c2C(N)=O)CCC3)CC1(Cl)Cl. The summed E-state index contributed by atoms with van der Waals surface area (Å²) >= 11 is 13.1. The molecule has 2 amide bonds. The van der Waals surface area contributed by atoms with Crippen LogP contribution in [0.25, 0.3) is 0 Å². The zero-order valence-electron chi connectivity index (χ0n) is 12.9. The van der Waals surface area contributed by atoms with Crippen LogP contribution >= 0.6 is 34.5 Å². The number of amides is 2. The Kier molecular flexibility index (Phi) is 4.30. The van der Waals surface area contributed by atoms with Crippen molar-refractivity contribution < 1.29 is 19.1 Å². The predicted molar refractivity (Wildman–Crippen MR) is 91.6 cm³/mol. The predicted octanol–water partition coefficient (Wildman–Crippen LogP) is 2.40. The van der Waals surface area contributed by atoms with Crippen LogP contribution in [0.4, 0.5) is 5.00 Å². The second-order valence-electron chi connectivity index (χ2n) is 6.26. The molecule has 1 fully saturated rings. The highest BCUT2D eigenvalue weighted by Gasteiger charge is 2.69. The van der Waals surface area contributed by atoms with Crippen molar-refractivity contribution in [3.8, 4) is 0 Å². The van der Waals surface area contributed by atoms with Crippen molar-refractivity contribution in [2.24, 2.45) is 11.1 Å². The second-order valence-corrected chi connectivity index (χ2v) is 8.85. The van der Waals surface area contributed by atoms with Crippen LogP contribution in [0.1, 0.15) is 40.6 Å². The molecule has 24 heavy (non-hydrogen) atoms. The Labute approximate surface area is 152 Å². The van der Waals surface area contributed by atoms with Crippen LogP contribution in [0, 0.1) is 5.41 Å². The van der Waals surface area contributed by atoms with Crippen molar-refractivity contribution in [2.75, 3.05) is 11.9 Å². The highest BCUT2D eigenvalue weighted by Crippen LogP contribution is 2.64. The molecule has 1 aromatic heterocycles. The third-order valence-corrected chi connectivity index (χ3v) is 6.77. The maximum Gasteiger partial charge on any atom is 0.315 e. The lowest BCUT2D eigenvalue weighted by Crippen LogP contribution is -2.27. The first-order valence-corrected chi connectivity index (χ1v) is 9.02. The van der Waals surface area contributed by atoms with Crippen molar-refractivity contribution in [1.82, 2.24) is 0 Å². The minimum atomic E-state index is -1.14. The number of carbonyl (C=O) groups is 3. The van der Waals surface area contributed by atoms with Crippen LogP contribution < -0.4 is 11.1 Å². The Bertz CT molecular complexity index is 746. The standard InChI is InChI=1S/C15H16Cl2N2O4S/c1-14(6-15(14,16)17)13(22)23-5-9(20)19-12-10(11(18)21)7-3-2-4-8(7)24-12/h2-6H2,1H3,(H2,18,21)(H,19,20)/t14-/m1/s1. The van der Waals surface area contributed by atoms with Gasteiger partial charge in [-0.15, -0.1) is 34.5 Å². The van der Waals surface area contributed by atoms with Crippen LogP contribution in [0.3, 0.4) is 0 Å². The highest BCUT2D eigenvalue weighted by molar-refractivity contribution is 7.17. The molecule has 2 aliphatic carbocycles. The fourth-order valence-electron chi connectivity index (χ4n) is 2.83. The lowest BCUT2D eigenvalue weighted by Gasteiger charge is -2.12. The van der Waals surface area contributed by atoms with E-state index in [9.17, 15) is 14.4 Å². The molecule has 0 radical (unpaired) electrons. The molecule has 9 heteroatoms. The Balaban J connectivity index is 1.62. The minimum absolute atomic E-state index is 0.285. The van der Waals surface area contributed by atoms with Crippen molar-refractivity contribution in [2.45, 2.75) is 36.9 Å². The van der Waals surface area contributed by atoms with Gasteiger partial charge in [0.15, 0.2) is 6.61 Å². The van der Waals surface area contributed by atoms with Gasteiger partial charge < -0.3 is 15.8 Å². The molecule has 1 aromatic rings. The number of carbonyl (C=O) groups excluding carboxylic acids is 3. The first kappa shape index (κ1) is 17.5. The second kappa shape index (κ2) is 5.89. The average Bonchev–Trinajstić information content (AvgIpc) is 2.83. The van der Waals surface area contributed by atoms with Gasteiger partial charge in [0.2, 0.25) is 0 Å². The van der Waals surface area contributed by atoms with Gasteiger partial charge >= 0.3 is 5.97 Å². The van der Waals surface area contributed by atoms with Gasteiger partial charge in [0.05, 0.1) is 5.56 Å². The summed E-state index contributed by atoms with van der Waals surface area (Å²) in [6.07, 6.45) is 2.91. The van der Waals surface area contributed by atoms with E-state index in [0.29, 0.717) is 10.6 Å². The van der Waals surface area contributed by atoms with Crippen molar-refractivity contribution in [3.05, 3.63) is 16.0 Å². The van der Waals surface area contributed by atoms with Crippen LogP contribution in [0.15, 0.2) is 0 Å². The van der Waals surface area contributed by atoms with Gasteiger partial charge in [0, 0.05) is 11.3 Å². The molecule has 0 spiro atoms. The first-order chi connectivity index (χ1) is 11.2. The smallest absolute Gasteiger partial charge is 0.315 e. The van der Waals surface area contributed by atoms with Gasteiger partial charge in [-0.25, -0.2) is 0 Å². The summed E-state index contributed by atoms with van der Waals surface area (Å²) in [6, 6.07) is 0. The summed E-state index contributed by atoms with van der Waals surface area (Å²) in [6.45, 7) is 1.11. The van der Waals surface area contributed by atoms with Crippen LogP contribution in [-0.2, 0) is 27.2 Å². The molecule has 1 saturated carbocycles. The Hall–Kier alpha value is -1.31. The number of rotatable bonds is 5. The largest absolute Gasteiger partial charge is 0.455 e. The van der Waals surface area contributed by atoms with E-state index in [0.717, 1.165) is 29.7 Å². The number of ether oxygens (including phenoxy) is 1. The summed E-state index contributed by atoms with van der Waals surface area (Å²) in [4.78, 5) is 36.7. The van der Waals surface area contributed by atoms with Gasteiger partial charge in [-0.2, -0.15) is 0 Å². The fourth-order valence-corrected chi connectivity index (χ4v) is 4.83. The number of hydrogen-bond acceptors (Lipinski definition) is 5. The Morgan fingerprint density at radius 2 is 2.00 bits per heavy atom. The average molecular weight is 391 g/mol. The van der Waals surface area contributed by atoms with Crippen molar-refractivity contribution in [3.63, 3.8) is 0 Å². The number of halogens is 2. The van der Waals surface area contributed by atoms with E-state index < -0.39 is 34.1 Å². The molecule has 0 aromatic carbocycles. The summed E-state index contributed by atoms with van der Waals surface area (Å²) in [5, 5.41) is 3.02. The number of thiophene rings is 1.